The van der Waals surface area contributed by atoms with Gasteiger partial charge in [0.05, 0.1) is 0 Å². The predicted molar refractivity (Wildman–Crippen MR) is 43.5 cm³/mol. The van der Waals surface area contributed by atoms with Crippen molar-refractivity contribution in [3.05, 3.63) is 24.3 Å². The third kappa shape index (κ3) is 5.35. The van der Waals surface area contributed by atoms with Gasteiger partial charge in [-0.05, 0) is 26.2 Å². The lowest BCUT2D eigenvalue weighted by atomic mass is 10.1. The van der Waals surface area contributed by atoms with Crippen molar-refractivity contribution < 1.29 is 0 Å². The summed E-state index contributed by atoms with van der Waals surface area (Å²) in [5, 5.41) is 0. The van der Waals surface area contributed by atoms with Gasteiger partial charge in [0.2, 0.25) is 0 Å². The van der Waals surface area contributed by atoms with Crippen molar-refractivity contribution in [3.63, 3.8) is 0 Å². The van der Waals surface area contributed by atoms with E-state index in [1.165, 1.54) is 12.0 Å². The Hall–Kier alpha value is -0.520. The molecular weight excluding hydrogens is 108 g/mol. The summed E-state index contributed by atoms with van der Waals surface area (Å²) >= 11 is 0. The first-order valence-corrected chi connectivity index (χ1v) is 3.57. The first kappa shape index (κ1) is 8.48. The van der Waals surface area contributed by atoms with Crippen LogP contribution in [0.5, 0.6) is 0 Å². The van der Waals surface area contributed by atoms with E-state index in [-0.39, 0.29) is 0 Å². The molecule has 0 aliphatic heterocycles. The third-order valence-electron chi connectivity index (χ3n) is 1.30. The summed E-state index contributed by atoms with van der Waals surface area (Å²) in [5.74, 6) is 0. The minimum Gasteiger partial charge on any atom is -0.103 e. The molecule has 0 radical (unpaired) electrons. The Bertz CT molecular complexity index is 98.6. The second kappa shape index (κ2) is 5.61. The molecule has 0 rings (SSSR count). The normalized spacial score (nSPS) is 11.6. The van der Waals surface area contributed by atoms with Gasteiger partial charge in [-0.2, -0.15) is 0 Å². The minimum atomic E-state index is 1.11. The van der Waals surface area contributed by atoms with Crippen LogP contribution < -0.4 is 0 Å². The summed E-state index contributed by atoms with van der Waals surface area (Å²) in [6.07, 6.45) is 7.68. The molecular formula is C9H16. The van der Waals surface area contributed by atoms with Gasteiger partial charge in [0.1, 0.15) is 0 Å². The van der Waals surface area contributed by atoms with Crippen molar-refractivity contribution in [2.45, 2.75) is 33.1 Å². The zero-order valence-corrected chi connectivity index (χ0v) is 6.48. The number of hydrogen-bond acceptors (Lipinski definition) is 0. The zero-order valence-electron chi connectivity index (χ0n) is 6.48. The molecule has 0 saturated heterocycles. The highest BCUT2D eigenvalue weighted by Crippen LogP contribution is 2.04. The summed E-state index contributed by atoms with van der Waals surface area (Å²) in [6.45, 7) is 8.00. The smallest absolute Gasteiger partial charge is 0.0288 e. The van der Waals surface area contributed by atoms with Crippen LogP contribution in [0.15, 0.2) is 24.3 Å². The lowest BCUT2D eigenvalue weighted by Crippen LogP contribution is -1.73. The van der Waals surface area contributed by atoms with Gasteiger partial charge in [0.15, 0.2) is 0 Å². The van der Waals surface area contributed by atoms with E-state index in [0.29, 0.717) is 0 Å². The molecule has 0 N–H and O–H groups in total. The summed E-state index contributed by atoms with van der Waals surface area (Å²) in [5.41, 5.74) is 1.48. The van der Waals surface area contributed by atoms with Crippen LogP contribution in [0.2, 0.25) is 0 Å². The molecule has 0 aliphatic rings. The monoisotopic (exact) mass is 124 g/mol. The molecule has 0 fully saturated rings. The van der Waals surface area contributed by atoms with Gasteiger partial charge in [-0.1, -0.05) is 24.6 Å². The van der Waals surface area contributed by atoms with Crippen LogP contribution in [0.25, 0.3) is 0 Å². The van der Waals surface area contributed by atoms with Crippen LogP contribution in [0, 0.1) is 0 Å². The van der Waals surface area contributed by atoms with Gasteiger partial charge in [-0.3, -0.25) is 0 Å². The van der Waals surface area contributed by atoms with Crippen LogP contribution in [0.1, 0.15) is 33.1 Å². The second-order valence-electron chi connectivity index (χ2n) is 2.29. The quantitative estimate of drug-likeness (QED) is 0.504. The van der Waals surface area contributed by atoms with E-state index in [2.05, 4.69) is 26.5 Å². The largest absolute Gasteiger partial charge is 0.103 e. The molecule has 0 aromatic carbocycles. The van der Waals surface area contributed by atoms with Gasteiger partial charge < -0.3 is 0 Å². The maximum atomic E-state index is 3.67. The lowest BCUT2D eigenvalue weighted by molar-refractivity contribution is 0.963. The fourth-order valence-electron chi connectivity index (χ4n) is 0.780. The Balaban J connectivity index is 3.36. The average molecular weight is 124 g/mol. The van der Waals surface area contributed by atoms with E-state index in [0.717, 1.165) is 12.8 Å². The summed E-state index contributed by atoms with van der Waals surface area (Å²) < 4.78 is 0. The Morgan fingerprint density at radius 1 is 1.56 bits per heavy atom. The molecule has 0 heteroatoms. The molecule has 0 aromatic heterocycles. The molecule has 0 amide bonds. The SMILES string of the molecule is C=CCC/C(C)=C\CC. The fourth-order valence-corrected chi connectivity index (χ4v) is 0.780. The molecule has 0 aliphatic carbocycles. The highest BCUT2D eigenvalue weighted by Gasteiger charge is 1.83. The molecule has 0 nitrogen and oxygen atoms in total. The molecule has 0 saturated carbocycles. The van der Waals surface area contributed by atoms with Gasteiger partial charge in [0, 0.05) is 0 Å². The van der Waals surface area contributed by atoms with Crippen LogP contribution in [-0.2, 0) is 0 Å². The number of allylic oxidation sites excluding steroid dienone is 3. The summed E-state index contributed by atoms with van der Waals surface area (Å²) in [4.78, 5) is 0. The fraction of sp³-hybridized carbons (Fsp3) is 0.556. The summed E-state index contributed by atoms with van der Waals surface area (Å²) in [7, 11) is 0. The van der Waals surface area contributed by atoms with Crippen molar-refractivity contribution in [1.29, 1.82) is 0 Å². The number of rotatable bonds is 4. The van der Waals surface area contributed by atoms with Gasteiger partial charge in [-0.15, -0.1) is 6.58 Å². The highest BCUT2D eigenvalue weighted by atomic mass is 13.9. The molecule has 0 atom stereocenters. The van der Waals surface area contributed by atoms with Crippen LogP contribution >= 0.6 is 0 Å². The molecule has 0 heterocycles. The van der Waals surface area contributed by atoms with Crippen molar-refractivity contribution in [2.24, 2.45) is 0 Å². The standard InChI is InChI=1S/C9H16/c1-4-6-8-9(3)7-5-2/h4,7H,1,5-6,8H2,2-3H3/b9-7-. The lowest BCUT2D eigenvalue weighted by Gasteiger charge is -1.94. The van der Waals surface area contributed by atoms with Crippen LogP contribution in [0.4, 0.5) is 0 Å². The average Bonchev–Trinajstić information content (AvgIpc) is 1.85. The molecule has 0 unspecified atom stereocenters. The second-order valence-corrected chi connectivity index (χ2v) is 2.29. The summed E-state index contributed by atoms with van der Waals surface area (Å²) in [6, 6.07) is 0. The molecule has 52 valence electrons. The number of hydrogen-bond donors (Lipinski definition) is 0. The van der Waals surface area contributed by atoms with E-state index in [1.807, 2.05) is 6.08 Å². The van der Waals surface area contributed by atoms with Gasteiger partial charge in [-0.25, -0.2) is 0 Å². The van der Waals surface area contributed by atoms with Gasteiger partial charge >= 0.3 is 0 Å². The predicted octanol–water partition coefficient (Wildman–Crippen LogP) is 3.31. The molecule has 0 spiro atoms. The molecule has 0 bridgehead atoms. The Labute approximate surface area is 58.3 Å². The molecule has 0 aromatic rings. The third-order valence-corrected chi connectivity index (χ3v) is 1.30. The minimum absolute atomic E-state index is 1.11. The first-order valence-electron chi connectivity index (χ1n) is 3.57. The van der Waals surface area contributed by atoms with E-state index in [4.69, 9.17) is 0 Å². The topological polar surface area (TPSA) is 0 Å². The Morgan fingerprint density at radius 3 is 2.67 bits per heavy atom. The van der Waals surface area contributed by atoms with Crippen LogP contribution in [0.3, 0.4) is 0 Å². The Morgan fingerprint density at radius 2 is 2.22 bits per heavy atom. The highest BCUT2D eigenvalue weighted by molar-refractivity contribution is 4.98. The van der Waals surface area contributed by atoms with Crippen molar-refractivity contribution in [3.8, 4) is 0 Å². The first-order chi connectivity index (χ1) is 4.31. The van der Waals surface area contributed by atoms with Crippen molar-refractivity contribution in [2.75, 3.05) is 0 Å². The maximum Gasteiger partial charge on any atom is -0.0288 e. The van der Waals surface area contributed by atoms with E-state index in [1.54, 1.807) is 0 Å². The van der Waals surface area contributed by atoms with E-state index < -0.39 is 0 Å². The maximum absolute atomic E-state index is 3.67. The van der Waals surface area contributed by atoms with E-state index >= 15 is 0 Å². The van der Waals surface area contributed by atoms with Crippen molar-refractivity contribution >= 4 is 0 Å². The Kier molecular flexibility index (Phi) is 5.29. The van der Waals surface area contributed by atoms with E-state index in [9.17, 15) is 0 Å². The molecule has 9 heavy (non-hydrogen) atoms. The van der Waals surface area contributed by atoms with Gasteiger partial charge in [0.25, 0.3) is 0 Å². The van der Waals surface area contributed by atoms with Crippen molar-refractivity contribution in [1.82, 2.24) is 0 Å². The zero-order chi connectivity index (χ0) is 7.11. The van der Waals surface area contributed by atoms with Crippen LogP contribution in [-0.4, -0.2) is 0 Å².